The highest BCUT2D eigenvalue weighted by Crippen LogP contribution is 2.09. The third-order valence-corrected chi connectivity index (χ3v) is 2.13. The van der Waals surface area contributed by atoms with Crippen molar-refractivity contribution in [3.05, 3.63) is 40.5 Å². The molecule has 0 aliphatic rings. The Kier molecular flexibility index (Phi) is 6.35. The van der Waals surface area contributed by atoms with Crippen LogP contribution < -0.4 is 10.4 Å². The monoisotopic (exact) mass is 296 g/mol. The van der Waals surface area contributed by atoms with Gasteiger partial charge in [-0.1, -0.05) is 6.58 Å². The van der Waals surface area contributed by atoms with Crippen LogP contribution in [0.4, 0.5) is 0 Å². The van der Waals surface area contributed by atoms with Crippen molar-refractivity contribution in [3.8, 4) is 5.75 Å². The van der Waals surface area contributed by atoms with E-state index >= 15 is 0 Å². The van der Waals surface area contributed by atoms with Crippen molar-refractivity contribution in [1.29, 1.82) is 0 Å². The van der Waals surface area contributed by atoms with E-state index in [0.29, 0.717) is 5.76 Å². The topological polar surface area (TPSA) is 92.0 Å². The molecule has 0 aliphatic carbocycles. The van der Waals surface area contributed by atoms with Crippen LogP contribution in [-0.2, 0) is 19.1 Å². The molecule has 0 aliphatic heterocycles. The van der Waals surface area contributed by atoms with Crippen LogP contribution in [0.3, 0.4) is 0 Å². The van der Waals surface area contributed by atoms with Gasteiger partial charge in [-0.15, -0.1) is 0 Å². The molecule has 0 bridgehead atoms. The van der Waals surface area contributed by atoms with Gasteiger partial charge in [-0.3, -0.25) is 0 Å². The number of carbonyl (C=O) groups is 2. The molecule has 1 aromatic heterocycles. The van der Waals surface area contributed by atoms with E-state index in [0.717, 1.165) is 6.07 Å². The summed E-state index contributed by atoms with van der Waals surface area (Å²) in [6.07, 6.45) is 0. The van der Waals surface area contributed by atoms with Crippen molar-refractivity contribution in [1.82, 2.24) is 0 Å². The summed E-state index contributed by atoms with van der Waals surface area (Å²) < 4.78 is 19.4. The van der Waals surface area contributed by atoms with Gasteiger partial charge in [-0.05, 0) is 13.8 Å². The molecule has 114 valence electrons. The molecule has 1 rings (SSSR count). The summed E-state index contributed by atoms with van der Waals surface area (Å²) in [6, 6.07) is 2.47. The fraction of sp³-hybridized carbons (Fsp3) is 0.357. The largest absolute Gasteiger partial charge is 0.460 e. The first-order valence-corrected chi connectivity index (χ1v) is 6.11. The number of carbonyl (C=O) groups excluding carboxylic acids is 2. The SMILES string of the molecule is C=C(C)C(=O)OCCOCC(=O)Oc1cc(C)oc(=O)c1. The zero-order valence-electron chi connectivity index (χ0n) is 11.8. The Bertz CT molecular complexity index is 585. The van der Waals surface area contributed by atoms with E-state index in [2.05, 4.69) is 6.58 Å². The van der Waals surface area contributed by atoms with Gasteiger partial charge < -0.3 is 18.6 Å². The van der Waals surface area contributed by atoms with Crippen LogP contribution in [0.2, 0.25) is 0 Å². The average Bonchev–Trinajstić information content (AvgIpc) is 2.36. The van der Waals surface area contributed by atoms with Crippen LogP contribution in [0.5, 0.6) is 5.75 Å². The van der Waals surface area contributed by atoms with Crippen molar-refractivity contribution in [2.75, 3.05) is 19.8 Å². The van der Waals surface area contributed by atoms with E-state index < -0.39 is 17.6 Å². The van der Waals surface area contributed by atoms with Crippen LogP contribution >= 0.6 is 0 Å². The van der Waals surface area contributed by atoms with E-state index in [4.69, 9.17) is 18.6 Å². The Morgan fingerprint density at radius 3 is 2.62 bits per heavy atom. The third kappa shape index (κ3) is 6.53. The molecule has 1 aromatic rings. The molecule has 0 unspecified atom stereocenters. The second-order valence-electron chi connectivity index (χ2n) is 4.17. The van der Waals surface area contributed by atoms with Gasteiger partial charge in [-0.25, -0.2) is 14.4 Å². The van der Waals surface area contributed by atoms with Crippen LogP contribution in [0.15, 0.2) is 33.5 Å². The van der Waals surface area contributed by atoms with Gasteiger partial charge in [0.25, 0.3) is 0 Å². The first kappa shape index (κ1) is 16.6. The smallest absolute Gasteiger partial charge is 0.339 e. The van der Waals surface area contributed by atoms with Gasteiger partial charge in [0.05, 0.1) is 12.7 Å². The second kappa shape index (κ2) is 8.01. The Balaban J connectivity index is 2.27. The highest BCUT2D eigenvalue weighted by Gasteiger charge is 2.08. The molecule has 7 nitrogen and oxygen atoms in total. The summed E-state index contributed by atoms with van der Waals surface area (Å²) >= 11 is 0. The van der Waals surface area contributed by atoms with E-state index in [1.54, 1.807) is 6.92 Å². The summed E-state index contributed by atoms with van der Waals surface area (Å²) in [5, 5.41) is 0. The van der Waals surface area contributed by atoms with E-state index in [1.165, 1.54) is 13.0 Å². The molecule has 0 aromatic carbocycles. The Labute approximate surface area is 121 Å². The standard InChI is InChI=1S/C14H16O7/c1-9(2)14(17)19-5-4-18-8-13(16)21-11-6-10(3)20-12(15)7-11/h6-7H,1,4-5,8H2,2-3H3. The lowest BCUT2D eigenvalue weighted by molar-refractivity contribution is -0.143. The Morgan fingerprint density at radius 1 is 1.29 bits per heavy atom. The number of aryl methyl sites for hydroxylation is 1. The van der Waals surface area contributed by atoms with Crippen LogP contribution in [0.25, 0.3) is 0 Å². The third-order valence-electron chi connectivity index (χ3n) is 2.13. The average molecular weight is 296 g/mol. The number of ether oxygens (including phenoxy) is 3. The molecule has 21 heavy (non-hydrogen) atoms. The molecular formula is C14H16O7. The van der Waals surface area contributed by atoms with Crippen molar-refractivity contribution < 1.29 is 28.2 Å². The maximum absolute atomic E-state index is 11.4. The maximum atomic E-state index is 11.4. The lowest BCUT2D eigenvalue weighted by atomic mass is 10.4. The number of esters is 2. The minimum atomic E-state index is -0.675. The van der Waals surface area contributed by atoms with Gasteiger partial charge in [-0.2, -0.15) is 0 Å². The Hall–Kier alpha value is -2.41. The summed E-state index contributed by atoms with van der Waals surface area (Å²) in [5.41, 5.74) is -0.321. The fourth-order valence-electron chi connectivity index (χ4n) is 1.27. The van der Waals surface area contributed by atoms with Crippen LogP contribution in [0.1, 0.15) is 12.7 Å². The lowest BCUT2D eigenvalue weighted by Crippen LogP contribution is -2.19. The van der Waals surface area contributed by atoms with E-state index in [1.807, 2.05) is 0 Å². The quantitative estimate of drug-likeness (QED) is 0.421. The van der Waals surface area contributed by atoms with Gasteiger partial charge >= 0.3 is 17.6 Å². The van der Waals surface area contributed by atoms with Crippen molar-refractivity contribution in [3.63, 3.8) is 0 Å². The number of hydrogen-bond donors (Lipinski definition) is 0. The van der Waals surface area contributed by atoms with Crippen molar-refractivity contribution in [2.24, 2.45) is 0 Å². The minimum absolute atomic E-state index is 0.00695. The zero-order chi connectivity index (χ0) is 15.8. The van der Waals surface area contributed by atoms with Crippen LogP contribution in [-0.4, -0.2) is 31.8 Å². The summed E-state index contributed by atoms with van der Waals surface area (Å²) in [7, 11) is 0. The molecule has 0 atom stereocenters. The van der Waals surface area contributed by atoms with E-state index in [9.17, 15) is 14.4 Å². The molecule has 7 heteroatoms. The second-order valence-corrected chi connectivity index (χ2v) is 4.17. The predicted molar refractivity (Wildman–Crippen MR) is 71.9 cm³/mol. The molecule has 0 amide bonds. The molecule has 0 saturated carbocycles. The van der Waals surface area contributed by atoms with Crippen molar-refractivity contribution >= 4 is 11.9 Å². The van der Waals surface area contributed by atoms with Gasteiger partial charge in [0.2, 0.25) is 0 Å². The summed E-state index contributed by atoms with van der Waals surface area (Å²) in [5.74, 6) is -0.775. The Morgan fingerprint density at radius 2 is 2.00 bits per heavy atom. The molecule has 0 radical (unpaired) electrons. The molecular weight excluding hydrogens is 280 g/mol. The number of hydrogen-bond acceptors (Lipinski definition) is 7. The van der Waals surface area contributed by atoms with Gasteiger partial charge in [0.15, 0.2) is 0 Å². The van der Waals surface area contributed by atoms with Gasteiger partial charge in [0.1, 0.15) is 24.7 Å². The highest BCUT2D eigenvalue weighted by atomic mass is 16.6. The molecule has 0 fully saturated rings. The van der Waals surface area contributed by atoms with Crippen molar-refractivity contribution in [2.45, 2.75) is 13.8 Å². The molecule has 1 heterocycles. The minimum Gasteiger partial charge on any atom is -0.460 e. The number of rotatable bonds is 7. The normalized spacial score (nSPS) is 10.0. The highest BCUT2D eigenvalue weighted by molar-refractivity contribution is 5.86. The summed E-state index contributed by atoms with van der Waals surface area (Å²) in [6.45, 7) is 6.23. The molecule has 0 spiro atoms. The van der Waals surface area contributed by atoms with Gasteiger partial charge in [0, 0.05) is 11.6 Å². The predicted octanol–water partition coefficient (Wildman–Crippen LogP) is 0.990. The summed E-state index contributed by atoms with van der Waals surface area (Å²) in [4.78, 5) is 33.5. The fourth-order valence-corrected chi connectivity index (χ4v) is 1.27. The molecule has 0 saturated heterocycles. The maximum Gasteiger partial charge on any atom is 0.339 e. The first-order valence-electron chi connectivity index (χ1n) is 6.11. The van der Waals surface area contributed by atoms with Crippen LogP contribution in [0, 0.1) is 6.92 Å². The lowest BCUT2D eigenvalue weighted by Gasteiger charge is -2.06. The van der Waals surface area contributed by atoms with E-state index in [-0.39, 0.29) is 31.1 Å². The molecule has 0 N–H and O–H groups in total. The first-order chi connectivity index (χ1) is 9.88. The zero-order valence-corrected chi connectivity index (χ0v) is 11.8.